The van der Waals surface area contributed by atoms with Gasteiger partial charge in [0.05, 0.1) is 6.54 Å². The van der Waals surface area contributed by atoms with Crippen molar-refractivity contribution < 1.29 is 9.15 Å². The fraction of sp³-hybridized carbons (Fsp3) is 0.562. The molecule has 0 aromatic carbocycles. The van der Waals surface area contributed by atoms with Crippen LogP contribution in [0.4, 0.5) is 0 Å². The zero-order valence-corrected chi connectivity index (χ0v) is 13.2. The van der Waals surface area contributed by atoms with E-state index in [1.165, 1.54) is 0 Å². The lowest BCUT2D eigenvalue weighted by Crippen LogP contribution is -2.38. The molecule has 2 aromatic rings. The van der Waals surface area contributed by atoms with Gasteiger partial charge in [-0.2, -0.15) is 0 Å². The van der Waals surface area contributed by atoms with Gasteiger partial charge >= 0.3 is 0 Å². The summed E-state index contributed by atoms with van der Waals surface area (Å²) in [5.74, 6) is 2.14. The Hall–Kier alpha value is -1.95. The number of nitrogens with zero attached hydrogens (tertiary/aromatic N) is 4. The van der Waals surface area contributed by atoms with Gasteiger partial charge in [0.1, 0.15) is 6.10 Å². The highest BCUT2D eigenvalue weighted by Crippen LogP contribution is 2.18. The van der Waals surface area contributed by atoms with E-state index in [0.717, 1.165) is 50.5 Å². The molecule has 0 spiro atoms. The fourth-order valence-corrected chi connectivity index (χ4v) is 2.63. The molecule has 1 aliphatic rings. The zero-order valence-electron chi connectivity index (χ0n) is 13.2. The van der Waals surface area contributed by atoms with Crippen molar-refractivity contribution in [3.63, 3.8) is 0 Å². The zero-order chi connectivity index (χ0) is 15.4. The van der Waals surface area contributed by atoms with E-state index in [1.807, 2.05) is 32.0 Å². The summed E-state index contributed by atoms with van der Waals surface area (Å²) in [7, 11) is 0. The molecule has 6 heteroatoms. The number of ether oxygens (including phenoxy) is 1. The van der Waals surface area contributed by atoms with Crippen LogP contribution < -0.4 is 4.74 Å². The van der Waals surface area contributed by atoms with Gasteiger partial charge in [0.25, 0.3) is 0 Å². The summed E-state index contributed by atoms with van der Waals surface area (Å²) in [5.41, 5.74) is 0.984. The molecule has 22 heavy (non-hydrogen) atoms. The van der Waals surface area contributed by atoms with Crippen LogP contribution in [0.2, 0.25) is 0 Å². The Kier molecular flexibility index (Phi) is 4.68. The van der Waals surface area contributed by atoms with E-state index in [-0.39, 0.29) is 6.10 Å². The van der Waals surface area contributed by atoms with Crippen molar-refractivity contribution in [3.05, 3.63) is 35.7 Å². The minimum atomic E-state index is 0.236. The number of rotatable bonds is 5. The summed E-state index contributed by atoms with van der Waals surface area (Å²) >= 11 is 0. The van der Waals surface area contributed by atoms with E-state index in [1.54, 1.807) is 0 Å². The molecule has 0 aliphatic carbocycles. The second-order valence-corrected chi connectivity index (χ2v) is 5.65. The van der Waals surface area contributed by atoms with Gasteiger partial charge < -0.3 is 9.15 Å². The van der Waals surface area contributed by atoms with E-state index in [4.69, 9.17) is 9.15 Å². The molecule has 0 N–H and O–H groups in total. The van der Waals surface area contributed by atoms with Crippen LogP contribution in [0.15, 0.2) is 22.6 Å². The molecule has 1 aliphatic heterocycles. The first-order valence-electron chi connectivity index (χ1n) is 7.87. The second kappa shape index (κ2) is 6.87. The molecule has 118 valence electrons. The van der Waals surface area contributed by atoms with Crippen LogP contribution in [0.25, 0.3) is 0 Å². The molecule has 1 fully saturated rings. The Morgan fingerprint density at radius 3 is 2.68 bits per heavy atom. The van der Waals surface area contributed by atoms with Crippen LogP contribution in [0.3, 0.4) is 0 Å². The molecule has 3 heterocycles. The number of piperidine rings is 1. The Balaban J connectivity index is 1.47. The fourth-order valence-electron chi connectivity index (χ4n) is 2.63. The maximum Gasteiger partial charge on any atom is 0.230 e. The Labute approximate surface area is 130 Å². The van der Waals surface area contributed by atoms with Crippen LogP contribution in [-0.2, 0) is 13.0 Å². The molecule has 6 nitrogen and oxygen atoms in total. The summed E-state index contributed by atoms with van der Waals surface area (Å²) in [6.07, 6.45) is 3.00. The summed E-state index contributed by atoms with van der Waals surface area (Å²) < 4.78 is 11.5. The highest BCUT2D eigenvalue weighted by molar-refractivity contribution is 5.15. The quantitative estimate of drug-likeness (QED) is 0.845. The molecule has 1 saturated heterocycles. The standard InChI is InChI=1S/C16H22N4O2/c1-3-14-18-19-16(22-14)11-20-9-7-13(8-10-20)21-15-6-4-5-12(2)17-15/h4-6,13H,3,7-11H2,1-2H3. The predicted octanol–water partition coefficient (Wildman–Crippen LogP) is 2.38. The monoisotopic (exact) mass is 302 g/mol. The van der Waals surface area contributed by atoms with Gasteiger partial charge in [0.2, 0.25) is 17.7 Å². The van der Waals surface area contributed by atoms with E-state index < -0.39 is 0 Å². The SMILES string of the molecule is CCc1nnc(CN2CCC(Oc3cccc(C)n3)CC2)o1. The summed E-state index contributed by atoms with van der Waals surface area (Å²) in [4.78, 5) is 6.73. The molecular formula is C16H22N4O2. The van der Waals surface area contributed by atoms with Gasteiger partial charge in [0, 0.05) is 31.3 Å². The smallest absolute Gasteiger partial charge is 0.230 e. The van der Waals surface area contributed by atoms with Gasteiger partial charge in [-0.25, -0.2) is 4.98 Å². The lowest BCUT2D eigenvalue weighted by molar-refractivity contribution is 0.0882. The molecule has 0 amide bonds. The topological polar surface area (TPSA) is 64.3 Å². The molecule has 3 rings (SSSR count). The van der Waals surface area contributed by atoms with Crippen molar-refractivity contribution in [1.82, 2.24) is 20.1 Å². The van der Waals surface area contributed by atoms with Crippen molar-refractivity contribution in [1.29, 1.82) is 0 Å². The number of likely N-dealkylation sites (tertiary alicyclic amines) is 1. The lowest BCUT2D eigenvalue weighted by Gasteiger charge is -2.30. The third-order valence-electron chi connectivity index (χ3n) is 3.85. The van der Waals surface area contributed by atoms with Gasteiger partial charge in [0.15, 0.2) is 0 Å². The Morgan fingerprint density at radius 2 is 2.00 bits per heavy atom. The maximum atomic E-state index is 5.97. The number of hydrogen-bond donors (Lipinski definition) is 0. The van der Waals surface area contributed by atoms with Crippen molar-refractivity contribution in [2.24, 2.45) is 0 Å². The molecule has 0 radical (unpaired) electrons. The summed E-state index contributed by atoms with van der Waals surface area (Å²) in [6, 6.07) is 5.88. The van der Waals surface area contributed by atoms with Crippen LogP contribution in [0.1, 0.15) is 37.2 Å². The average Bonchev–Trinajstić information content (AvgIpc) is 2.97. The van der Waals surface area contributed by atoms with Crippen molar-refractivity contribution in [3.8, 4) is 5.88 Å². The Bertz CT molecular complexity index is 606. The van der Waals surface area contributed by atoms with Crippen LogP contribution >= 0.6 is 0 Å². The minimum absolute atomic E-state index is 0.236. The second-order valence-electron chi connectivity index (χ2n) is 5.65. The van der Waals surface area contributed by atoms with Crippen LogP contribution in [-0.4, -0.2) is 39.3 Å². The first kappa shape index (κ1) is 15.0. The Morgan fingerprint density at radius 1 is 1.23 bits per heavy atom. The molecule has 0 unspecified atom stereocenters. The lowest BCUT2D eigenvalue weighted by atomic mass is 10.1. The van der Waals surface area contributed by atoms with Gasteiger partial charge in [-0.05, 0) is 25.8 Å². The van der Waals surface area contributed by atoms with Crippen LogP contribution in [0.5, 0.6) is 5.88 Å². The first-order chi connectivity index (χ1) is 10.7. The minimum Gasteiger partial charge on any atom is -0.474 e. The van der Waals surface area contributed by atoms with E-state index in [9.17, 15) is 0 Å². The molecular weight excluding hydrogens is 280 g/mol. The molecule has 0 saturated carbocycles. The number of hydrogen-bond acceptors (Lipinski definition) is 6. The predicted molar refractivity (Wildman–Crippen MR) is 81.6 cm³/mol. The maximum absolute atomic E-state index is 5.97. The van der Waals surface area contributed by atoms with Gasteiger partial charge in [-0.1, -0.05) is 13.0 Å². The van der Waals surface area contributed by atoms with E-state index in [0.29, 0.717) is 11.8 Å². The average molecular weight is 302 g/mol. The molecule has 0 atom stereocenters. The third-order valence-corrected chi connectivity index (χ3v) is 3.85. The van der Waals surface area contributed by atoms with Crippen LogP contribution in [0, 0.1) is 6.92 Å². The largest absolute Gasteiger partial charge is 0.474 e. The number of aryl methyl sites for hydroxylation is 2. The normalized spacial score (nSPS) is 16.8. The molecule has 0 bridgehead atoms. The van der Waals surface area contributed by atoms with E-state index >= 15 is 0 Å². The highest BCUT2D eigenvalue weighted by atomic mass is 16.5. The highest BCUT2D eigenvalue weighted by Gasteiger charge is 2.22. The molecule has 2 aromatic heterocycles. The van der Waals surface area contributed by atoms with Crippen molar-refractivity contribution in [2.75, 3.05) is 13.1 Å². The third kappa shape index (κ3) is 3.82. The summed E-state index contributed by atoms with van der Waals surface area (Å²) in [5, 5.41) is 8.08. The first-order valence-corrected chi connectivity index (χ1v) is 7.87. The summed E-state index contributed by atoms with van der Waals surface area (Å²) in [6.45, 7) is 6.66. The number of pyridine rings is 1. The van der Waals surface area contributed by atoms with E-state index in [2.05, 4.69) is 20.1 Å². The number of aromatic nitrogens is 3. The van der Waals surface area contributed by atoms with Crippen molar-refractivity contribution >= 4 is 0 Å². The van der Waals surface area contributed by atoms with Gasteiger partial charge in [-0.15, -0.1) is 10.2 Å². The van der Waals surface area contributed by atoms with Crippen molar-refractivity contribution in [2.45, 2.75) is 45.8 Å². The van der Waals surface area contributed by atoms with Gasteiger partial charge in [-0.3, -0.25) is 4.90 Å².